The molecular weight excluding hydrogens is 408 g/mol. The third-order valence-corrected chi connectivity index (χ3v) is 8.04. The van der Waals surface area contributed by atoms with Gasteiger partial charge in [-0.2, -0.15) is 11.8 Å². The summed E-state index contributed by atoms with van der Waals surface area (Å²) < 4.78 is 0. The summed E-state index contributed by atoms with van der Waals surface area (Å²) in [5.74, 6) is 2.35. The largest absolute Gasteiger partial charge is 0.328 e. The van der Waals surface area contributed by atoms with Crippen LogP contribution in [0.4, 0.5) is 4.79 Å². The van der Waals surface area contributed by atoms with E-state index in [4.69, 9.17) is 0 Å². The number of benzene rings is 1. The van der Waals surface area contributed by atoms with Gasteiger partial charge in [-0.25, -0.2) is 4.79 Å². The van der Waals surface area contributed by atoms with Crippen LogP contribution in [0.3, 0.4) is 0 Å². The minimum Gasteiger partial charge on any atom is -0.305 e. The molecule has 0 saturated carbocycles. The van der Waals surface area contributed by atoms with Crippen LogP contribution in [-0.2, 0) is 17.9 Å². The second kappa shape index (κ2) is 8.63. The Morgan fingerprint density at radius 2 is 1.77 bits per heavy atom. The summed E-state index contributed by atoms with van der Waals surface area (Å²) in [6, 6.07) is 16.0. The summed E-state index contributed by atoms with van der Waals surface area (Å²) in [5.41, 5.74) is 1.04. The van der Waals surface area contributed by atoms with Crippen LogP contribution in [0, 0.1) is 0 Å². The predicted octanol–water partition coefficient (Wildman–Crippen LogP) is 3.39. The normalized spacial score (nSPS) is 23.8. The van der Waals surface area contributed by atoms with Gasteiger partial charge in [0.1, 0.15) is 5.54 Å². The third kappa shape index (κ3) is 3.85. The van der Waals surface area contributed by atoms with E-state index < -0.39 is 5.54 Å². The average molecular weight is 437 g/mol. The molecule has 1 aromatic carbocycles. The number of hydrogen-bond donors (Lipinski definition) is 0. The molecular formula is C24H28N4O2S. The van der Waals surface area contributed by atoms with E-state index in [1.807, 2.05) is 65.2 Å². The Balaban J connectivity index is 1.41. The molecule has 5 rings (SSSR count). The average Bonchev–Trinajstić information content (AvgIpc) is 3.41. The number of thioether (sulfide) groups is 1. The SMILES string of the molecule is O=C1N(Cc2ccccn2)C(=O)C2(CCN(C3CCSC3)CC2)N1Cc1ccccc1. The van der Waals surface area contributed by atoms with E-state index in [0.717, 1.165) is 24.3 Å². The van der Waals surface area contributed by atoms with Crippen LogP contribution in [0.2, 0.25) is 0 Å². The lowest BCUT2D eigenvalue weighted by molar-refractivity contribution is -0.136. The summed E-state index contributed by atoms with van der Waals surface area (Å²) in [4.78, 5) is 37.4. The first-order chi connectivity index (χ1) is 15.2. The minimum absolute atomic E-state index is 0.0560. The summed E-state index contributed by atoms with van der Waals surface area (Å²) in [7, 11) is 0. The molecule has 0 bridgehead atoms. The number of carbonyl (C=O) groups is 2. The van der Waals surface area contributed by atoms with Gasteiger partial charge in [0.15, 0.2) is 0 Å². The van der Waals surface area contributed by atoms with Crippen molar-refractivity contribution in [2.24, 2.45) is 0 Å². The summed E-state index contributed by atoms with van der Waals surface area (Å²) in [6.45, 7) is 2.43. The molecule has 1 spiro atoms. The highest BCUT2D eigenvalue weighted by atomic mass is 32.2. The Hall–Kier alpha value is -2.38. The van der Waals surface area contributed by atoms with E-state index in [0.29, 0.717) is 25.4 Å². The Morgan fingerprint density at radius 1 is 1.00 bits per heavy atom. The number of rotatable bonds is 5. The molecule has 0 aliphatic carbocycles. The first-order valence-electron chi connectivity index (χ1n) is 11.1. The molecule has 1 aromatic heterocycles. The van der Waals surface area contributed by atoms with Gasteiger partial charge in [-0.1, -0.05) is 36.4 Å². The van der Waals surface area contributed by atoms with Crippen molar-refractivity contribution in [2.75, 3.05) is 24.6 Å². The standard InChI is InChI=1S/C24H28N4O2S/c29-22-24(10-13-26(14-11-24)21-9-15-31-18-21)28(16-19-6-2-1-3-7-19)23(30)27(22)17-20-8-4-5-12-25-20/h1-8,12,21H,9-11,13-18H2. The van der Waals surface area contributed by atoms with Gasteiger partial charge < -0.3 is 4.90 Å². The van der Waals surface area contributed by atoms with Gasteiger partial charge in [0.05, 0.1) is 12.2 Å². The maximum absolute atomic E-state index is 13.7. The number of amides is 3. The number of urea groups is 1. The lowest BCUT2D eigenvalue weighted by atomic mass is 9.85. The molecule has 6 nitrogen and oxygen atoms in total. The van der Waals surface area contributed by atoms with Crippen LogP contribution in [0.15, 0.2) is 54.7 Å². The predicted molar refractivity (Wildman–Crippen MR) is 121 cm³/mol. The second-order valence-corrected chi connectivity index (χ2v) is 9.80. The van der Waals surface area contributed by atoms with E-state index in [1.165, 1.54) is 22.8 Å². The first-order valence-corrected chi connectivity index (χ1v) is 12.2. The second-order valence-electron chi connectivity index (χ2n) is 8.65. The van der Waals surface area contributed by atoms with E-state index in [1.54, 1.807) is 6.20 Å². The summed E-state index contributed by atoms with van der Waals surface area (Å²) >= 11 is 2.02. The fourth-order valence-corrected chi connectivity index (χ4v) is 6.37. The van der Waals surface area contributed by atoms with Crippen molar-refractivity contribution < 1.29 is 9.59 Å². The fraction of sp³-hybridized carbons (Fsp3) is 0.458. The molecule has 162 valence electrons. The van der Waals surface area contributed by atoms with Gasteiger partial charge in [-0.15, -0.1) is 0 Å². The molecule has 3 amide bonds. The van der Waals surface area contributed by atoms with Gasteiger partial charge >= 0.3 is 6.03 Å². The quantitative estimate of drug-likeness (QED) is 0.673. The maximum atomic E-state index is 13.7. The lowest BCUT2D eigenvalue weighted by Crippen LogP contribution is -2.57. The minimum atomic E-state index is -0.746. The molecule has 7 heteroatoms. The number of pyridine rings is 1. The Bertz CT molecular complexity index is 925. The summed E-state index contributed by atoms with van der Waals surface area (Å²) in [5, 5.41) is 0. The molecule has 31 heavy (non-hydrogen) atoms. The van der Waals surface area contributed by atoms with Crippen molar-refractivity contribution in [2.45, 2.75) is 43.9 Å². The maximum Gasteiger partial charge on any atom is 0.328 e. The monoisotopic (exact) mass is 436 g/mol. The highest BCUT2D eigenvalue weighted by Gasteiger charge is 2.58. The highest BCUT2D eigenvalue weighted by Crippen LogP contribution is 2.40. The fourth-order valence-electron chi connectivity index (χ4n) is 5.11. The Kier molecular flexibility index (Phi) is 5.71. The molecule has 3 saturated heterocycles. The van der Waals surface area contributed by atoms with Crippen molar-refractivity contribution in [1.82, 2.24) is 19.7 Å². The number of nitrogens with zero attached hydrogens (tertiary/aromatic N) is 4. The topological polar surface area (TPSA) is 56.8 Å². The molecule has 2 aromatic rings. The van der Waals surface area contributed by atoms with Crippen LogP contribution in [0.1, 0.15) is 30.5 Å². The van der Waals surface area contributed by atoms with Gasteiger partial charge in [-0.3, -0.25) is 19.6 Å². The van der Waals surface area contributed by atoms with Gasteiger partial charge in [0, 0.05) is 37.6 Å². The van der Waals surface area contributed by atoms with E-state index >= 15 is 0 Å². The highest BCUT2D eigenvalue weighted by molar-refractivity contribution is 7.99. The number of carbonyl (C=O) groups excluding carboxylic acids is 2. The van der Waals surface area contributed by atoms with Crippen molar-refractivity contribution in [3.8, 4) is 0 Å². The zero-order valence-electron chi connectivity index (χ0n) is 17.7. The molecule has 0 radical (unpaired) electrons. The van der Waals surface area contributed by atoms with Crippen LogP contribution in [0.5, 0.6) is 0 Å². The van der Waals surface area contributed by atoms with E-state index in [9.17, 15) is 9.59 Å². The van der Waals surface area contributed by atoms with E-state index in [-0.39, 0.29) is 18.5 Å². The molecule has 0 N–H and O–H groups in total. The van der Waals surface area contributed by atoms with Gasteiger partial charge in [-0.05, 0) is 42.7 Å². The molecule has 3 aliphatic rings. The molecule has 3 aliphatic heterocycles. The lowest BCUT2D eigenvalue weighted by Gasteiger charge is -2.44. The van der Waals surface area contributed by atoms with Crippen molar-refractivity contribution in [1.29, 1.82) is 0 Å². The van der Waals surface area contributed by atoms with Crippen LogP contribution in [0.25, 0.3) is 0 Å². The summed E-state index contributed by atoms with van der Waals surface area (Å²) in [6.07, 6.45) is 4.33. The number of imide groups is 1. The number of likely N-dealkylation sites (tertiary alicyclic amines) is 1. The van der Waals surface area contributed by atoms with Gasteiger partial charge in [0.2, 0.25) is 0 Å². The van der Waals surface area contributed by atoms with E-state index in [2.05, 4.69) is 9.88 Å². The van der Waals surface area contributed by atoms with Crippen molar-refractivity contribution in [3.05, 3.63) is 66.0 Å². The molecule has 1 unspecified atom stereocenters. The molecule has 4 heterocycles. The number of hydrogen-bond acceptors (Lipinski definition) is 5. The zero-order valence-corrected chi connectivity index (χ0v) is 18.5. The van der Waals surface area contributed by atoms with Crippen LogP contribution < -0.4 is 0 Å². The molecule has 3 fully saturated rings. The van der Waals surface area contributed by atoms with Gasteiger partial charge in [0.25, 0.3) is 5.91 Å². The Labute approximate surface area is 187 Å². The number of piperidine rings is 1. The van der Waals surface area contributed by atoms with Crippen molar-refractivity contribution >= 4 is 23.7 Å². The Morgan fingerprint density at radius 3 is 2.45 bits per heavy atom. The molecule has 1 atom stereocenters. The van der Waals surface area contributed by atoms with Crippen molar-refractivity contribution in [3.63, 3.8) is 0 Å². The smallest absolute Gasteiger partial charge is 0.305 e. The zero-order chi connectivity index (χ0) is 21.3. The van der Waals surface area contributed by atoms with Crippen LogP contribution in [-0.4, -0.2) is 67.8 Å². The number of aromatic nitrogens is 1. The third-order valence-electron chi connectivity index (χ3n) is 6.90. The van der Waals surface area contributed by atoms with Crippen LogP contribution >= 0.6 is 11.8 Å². The first kappa shape index (κ1) is 20.5.